The molecule has 0 fully saturated rings. The zero-order valence-corrected chi connectivity index (χ0v) is 11.2. The van der Waals surface area contributed by atoms with Crippen molar-refractivity contribution in [2.75, 3.05) is 11.9 Å². The number of rotatable bonds is 5. The van der Waals surface area contributed by atoms with Crippen molar-refractivity contribution >= 4 is 28.9 Å². The van der Waals surface area contributed by atoms with Crippen LogP contribution in [0.2, 0.25) is 0 Å². The van der Waals surface area contributed by atoms with E-state index in [4.69, 9.17) is 9.84 Å². The number of nitrogens with one attached hydrogen (secondary N) is 1. The van der Waals surface area contributed by atoms with Crippen LogP contribution in [0.5, 0.6) is 5.75 Å². The van der Waals surface area contributed by atoms with E-state index in [-0.39, 0.29) is 16.3 Å². The van der Waals surface area contributed by atoms with Crippen molar-refractivity contribution in [1.29, 1.82) is 0 Å². The highest BCUT2D eigenvalue weighted by Gasteiger charge is 2.10. The number of hydrogen-bond acceptors (Lipinski definition) is 4. The Morgan fingerprint density at radius 3 is 2.43 bits per heavy atom. The monoisotopic (exact) mass is 313 g/mol. The molecule has 110 valence electrons. The Bertz CT molecular complexity index is 666. The summed E-state index contributed by atoms with van der Waals surface area (Å²) in [7, 11) is 0. The van der Waals surface area contributed by atoms with Crippen LogP contribution in [0.1, 0.15) is 9.67 Å². The molecule has 0 saturated heterocycles. The summed E-state index contributed by atoms with van der Waals surface area (Å²) >= 11 is 0.962. The predicted octanol–water partition coefficient (Wildman–Crippen LogP) is 2.74. The van der Waals surface area contributed by atoms with E-state index in [0.29, 0.717) is 6.07 Å². The first-order valence-electron chi connectivity index (χ1n) is 5.64. The number of carbonyl (C=O) groups is 2. The molecule has 0 saturated carbocycles. The fraction of sp³-hybridized carbons (Fsp3) is 0.0769. The second-order valence-electron chi connectivity index (χ2n) is 3.95. The molecule has 0 atom stereocenters. The number of thiophene rings is 1. The molecule has 0 spiro atoms. The Labute approximate surface area is 121 Å². The van der Waals surface area contributed by atoms with E-state index in [1.165, 1.54) is 11.4 Å². The first kappa shape index (κ1) is 14.9. The topological polar surface area (TPSA) is 75.6 Å². The third-order valence-corrected chi connectivity index (χ3v) is 3.20. The van der Waals surface area contributed by atoms with Crippen LogP contribution in [0, 0.1) is 11.6 Å². The fourth-order valence-electron chi connectivity index (χ4n) is 1.48. The number of hydrogen-bond donors (Lipinski definition) is 2. The molecular formula is C13H9F2NO4S. The molecule has 1 aromatic heterocycles. The van der Waals surface area contributed by atoms with Gasteiger partial charge in [-0.15, -0.1) is 11.3 Å². The molecule has 1 amide bonds. The quantitative estimate of drug-likeness (QED) is 0.890. The number of halogens is 2. The minimum Gasteiger partial charge on any atom is -0.483 e. The zero-order chi connectivity index (χ0) is 15.4. The molecule has 0 aliphatic heterocycles. The van der Waals surface area contributed by atoms with E-state index in [0.717, 1.165) is 23.5 Å². The number of benzene rings is 1. The molecule has 5 nitrogen and oxygen atoms in total. The van der Waals surface area contributed by atoms with E-state index in [9.17, 15) is 18.4 Å². The Morgan fingerprint density at radius 1 is 1.19 bits per heavy atom. The molecule has 2 aromatic rings. The number of anilines is 1. The molecule has 8 heteroatoms. The van der Waals surface area contributed by atoms with Crippen LogP contribution in [-0.4, -0.2) is 23.6 Å². The van der Waals surface area contributed by atoms with Gasteiger partial charge in [0, 0.05) is 23.2 Å². The van der Waals surface area contributed by atoms with Crippen molar-refractivity contribution in [2.45, 2.75) is 0 Å². The lowest BCUT2D eigenvalue weighted by Gasteiger charge is -2.06. The third kappa shape index (κ3) is 4.25. The molecule has 2 N–H and O–H groups in total. The summed E-state index contributed by atoms with van der Waals surface area (Å²) in [5.41, 5.74) is -0.0300. The molecule has 0 aliphatic rings. The lowest BCUT2D eigenvalue weighted by molar-refractivity contribution is -0.118. The normalized spacial score (nSPS) is 10.2. The zero-order valence-electron chi connectivity index (χ0n) is 10.4. The Balaban J connectivity index is 1.90. The van der Waals surface area contributed by atoms with E-state index in [2.05, 4.69) is 5.32 Å². The third-order valence-electron chi connectivity index (χ3n) is 2.30. The van der Waals surface area contributed by atoms with Crippen molar-refractivity contribution < 1.29 is 28.2 Å². The van der Waals surface area contributed by atoms with Crippen molar-refractivity contribution in [1.82, 2.24) is 0 Å². The molecule has 0 unspecified atom stereocenters. The van der Waals surface area contributed by atoms with Gasteiger partial charge in [-0.2, -0.15) is 0 Å². The number of ether oxygens (including phenoxy) is 1. The van der Waals surface area contributed by atoms with Gasteiger partial charge in [0.25, 0.3) is 5.91 Å². The summed E-state index contributed by atoms with van der Waals surface area (Å²) in [6.45, 7) is -0.409. The van der Waals surface area contributed by atoms with Crippen LogP contribution < -0.4 is 10.1 Å². The molecule has 1 aromatic carbocycles. The van der Waals surface area contributed by atoms with Gasteiger partial charge in [0.15, 0.2) is 6.61 Å². The summed E-state index contributed by atoms with van der Waals surface area (Å²) in [6.07, 6.45) is 0. The molecule has 21 heavy (non-hydrogen) atoms. The van der Waals surface area contributed by atoms with Gasteiger partial charge in [0.1, 0.15) is 22.3 Å². The van der Waals surface area contributed by atoms with Gasteiger partial charge in [-0.3, -0.25) is 4.79 Å². The number of aromatic carboxylic acids is 1. The largest absolute Gasteiger partial charge is 0.483 e. The smallest absolute Gasteiger partial charge is 0.346 e. The van der Waals surface area contributed by atoms with Crippen molar-refractivity contribution in [3.63, 3.8) is 0 Å². The van der Waals surface area contributed by atoms with Gasteiger partial charge in [0.2, 0.25) is 0 Å². The lowest BCUT2D eigenvalue weighted by Crippen LogP contribution is -2.20. The van der Waals surface area contributed by atoms with Gasteiger partial charge in [-0.1, -0.05) is 0 Å². The SMILES string of the molecule is O=C(COc1csc(C(=O)O)c1)Nc1cc(F)cc(F)c1. The number of carbonyl (C=O) groups excluding carboxylic acids is 1. The lowest BCUT2D eigenvalue weighted by atomic mass is 10.3. The second-order valence-corrected chi connectivity index (χ2v) is 4.86. The van der Waals surface area contributed by atoms with E-state index < -0.39 is 30.1 Å². The second kappa shape index (κ2) is 6.31. The Kier molecular flexibility index (Phi) is 4.49. The van der Waals surface area contributed by atoms with Crippen LogP contribution in [0.15, 0.2) is 29.6 Å². The first-order valence-corrected chi connectivity index (χ1v) is 6.52. The standard InChI is InChI=1S/C13H9F2NO4S/c14-7-1-8(15)3-9(2-7)16-12(17)5-20-10-4-11(13(18)19)21-6-10/h1-4,6H,5H2,(H,16,17)(H,18,19). The minimum absolute atomic E-state index is 0.0300. The number of carboxylic acids is 1. The van der Waals surface area contributed by atoms with Gasteiger partial charge in [0.05, 0.1) is 0 Å². The van der Waals surface area contributed by atoms with Crippen LogP contribution >= 0.6 is 11.3 Å². The summed E-state index contributed by atoms with van der Waals surface area (Å²) in [6, 6.07) is 3.90. The molecule has 0 bridgehead atoms. The van der Waals surface area contributed by atoms with Crippen LogP contribution in [0.25, 0.3) is 0 Å². The average Bonchev–Trinajstić information content (AvgIpc) is 2.84. The van der Waals surface area contributed by atoms with Crippen LogP contribution in [0.4, 0.5) is 14.5 Å². The van der Waals surface area contributed by atoms with Gasteiger partial charge in [-0.25, -0.2) is 13.6 Å². The van der Waals surface area contributed by atoms with Gasteiger partial charge >= 0.3 is 5.97 Å². The predicted molar refractivity (Wildman–Crippen MR) is 71.8 cm³/mol. The summed E-state index contributed by atoms with van der Waals surface area (Å²) in [4.78, 5) is 22.3. The van der Waals surface area contributed by atoms with Crippen molar-refractivity contribution in [3.8, 4) is 5.75 Å². The number of amides is 1. The molecule has 0 radical (unpaired) electrons. The highest BCUT2D eigenvalue weighted by molar-refractivity contribution is 7.12. The summed E-state index contributed by atoms with van der Waals surface area (Å²) < 4.78 is 30.9. The van der Waals surface area contributed by atoms with Crippen molar-refractivity contribution in [3.05, 3.63) is 46.2 Å². The summed E-state index contributed by atoms with van der Waals surface area (Å²) in [5, 5.41) is 12.4. The van der Waals surface area contributed by atoms with Crippen molar-refractivity contribution in [2.24, 2.45) is 0 Å². The van der Waals surface area contributed by atoms with Crippen LogP contribution in [0.3, 0.4) is 0 Å². The molecule has 2 rings (SSSR count). The van der Waals surface area contributed by atoms with E-state index >= 15 is 0 Å². The van der Waals surface area contributed by atoms with Gasteiger partial charge in [-0.05, 0) is 12.1 Å². The maximum absolute atomic E-state index is 12.9. The average molecular weight is 313 g/mol. The maximum Gasteiger partial charge on any atom is 0.346 e. The minimum atomic E-state index is -1.09. The summed E-state index contributed by atoms with van der Waals surface area (Å²) in [5.74, 6) is -3.10. The molecule has 1 heterocycles. The molecule has 0 aliphatic carbocycles. The Hall–Kier alpha value is -2.48. The highest BCUT2D eigenvalue weighted by atomic mass is 32.1. The van der Waals surface area contributed by atoms with E-state index in [1.807, 2.05) is 0 Å². The number of carboxylic acid groups (broad SMARTS) is 1. The first-order chi connectivity index (χ1) is 9.94. The van der Waals surface area contributed by atoms with E-state index in [1.54, 1.807) is 0 Å². The molecular weight excluding hydrogens is 304 g/mol. The Morgan fingerprint density at radius 2 is 1.86 bits per heavy atom. The maximum atomic E-state index is 12.9. The van der Waals surface area contributed by atoms with Crippen LogP contribution in [-0.2, 0) is 4.79 Å². The highest BCUT2D eigenvalue weighted by Crippen LogP contribution is 2.21. The van der Waals surface area contributed by atoms with Gasteiger partial charge < -0.3 is 15.2 Å². The fourth-order valence-corrected chi connectivity index (χ4v) is 2.14.